The standard InChI is InChI=1S/C13H16ClNO2S2/c14-12-2-1-11(19-12)10(16)8-15-13(17)7-9-3-5-18-6-4-9/h1-2,7,10,16H,3-6,8H2,(H,15,17). The summed E-state index contributed by atoms with van der Waals surface area (Å²) in [6, 6.07) is 3.52. The van der Waals surface area contributed by atoms with Crippen LogP contribution in [0.25, 0.3) is 0 Å². The van der Waals surface area contributed by atoms with Crippen LogP contribution in [0.3, 0.4) is 0 Å². The van der Waals surface area contributed by atoms with Crippen LogP contribution in [0.15, 0.2) is 23.8 Å². The Kier molecular flexibility index (Phi) is 5.76. The number of aliphatic hydroxyl groups excluding tert-OH is 1. The Balaban J connectivity index is 1.79. The number of nitrogens with one attached hydrogen (secondary N) is 1. The van der Waals surface area contributed by atoms with Crippen molar-refractivity contribution in [3.8, 4) is 0 Å². The smallest absolute Gasteiger partial charge is 0.244 e. The molecule has 1 aliphatic rings. The maximum atomic E-state index is 11.7. The number of halogens is 1. The Labute approximate surface area is 126 Å². The number of thioether (sulfide) groups is 1. The van der Waals surface area contributed by atoms with Crippen molar-refractivity contribution in [1.82, 2.24) is 5.32 Å². The molecule has 0 spiro atoms. The fourth-order valence-corrected chi connectivity index (χ4v) is 3.88. The summed E-state index contributed by atoms with van der Waals surface area (Å²) in [4.78, 5) is 12.5. The van der Waals surface area contributed by atoms with E-state index in [1.165, 1.54) is 16.9 Å². The zero-order valence-electron chi connectivity index (χ0n) is 10.4. The van der Waals surface area contributed by atoms with Gasteiger partial charge in [0.15, 0.2) is 0 Å². The molecule has 1 aliphatic heterocycles. The van der Waals surface area contributed by atoms with E-state index in [1.807, 2.05) is 11.8 Å². The van der Waals surface area contributed by atoms with E-state index >= 15 is 0 Å². The van der Waals surface area contributed by atoms with Gasteiger partial charge in [-0.3, -0.25) is 4.79 Å². The summed E-state index contributed by atoms with van der Waals surface area (Å²) >= 11 is 9.05. The van der Waals surface area contributed by atoms with Crippen molar-refractivity contribution >= 4 is 40.6 Å². The highest BCUT2D eigenvalue weighted by Gasteiger charge is 2.12. The average Bonchev–Trinajstić information content (AvgIpc) is 2.84. The van der Waals surface area contributed by atoms with Crippen molar-refractivity contribution in [2.75, 3.05) is 18.1 Å². The number of rotatable bonds is 4. The third-order valence-corrected chi connectivity index (χ3v) is 5.18. The van der Waals surface area contributed by atoms with Gasteiger partial charge < -0.3 is 10.4 Å². The molecule has 1 fully saturated rings. The molecule has 1 aromatic heterocycles. The summed E-state index contributed by atoms with van der Waals surface area (Å²) in [7, 11) is 0. The molecule has 0 aliphatic carbocycles. The molecule has 1 atom stereocenters. The first kappa shape index (κ1) is 14.9. The van der Waals surface area contributed by atoms with Crippen molar-refractivity contribution < 1.29 is 9.90 Å². The fourth-order valence-electron chi connectivity index (χ4n) is 1.82. The van der Waals surface area contributed by atoms with Crippen LogP contribution in [0, 0.1) is 0 Å². The molecule has 19 heavy (non-hydrogen) atoms. The number of carbonyl (C=O) groups is 1. The Bertz CT molecular complexity index is 465. The van der Waals surface area contributed by atoms with Crippen LogP contribution >= 0.6 is 34.7 Å². The van der Waals surface area contributed by atoms with Gasteiger partial charge >= 0.3 is 0 Å². The van der Waals surface area contributed by atoms with Gasteiger partial charge in [0, 0.05) is 17.5 Å². The highest BCUT2D eigenvalue weighted by atomic mass is 35.5. The second-order valence-electron chi connectivity index (χ2n) is 4.32. The van der Waals surface area contributed by atoms with Gasteiger partial charge in [-0.1, -0.05) is 17.2 Å². The summed E-state index contributed by atoms with van der Waals surface area (Å²) in [5.74, 6) is 2.06. The van der Waals surface area contributed by atoms with Gasteiger partial charge in [0.05, 0.1) is 4.34 Å². The first-order valence-corrected chi connectivity index (χ1v) is 8.48. The van der Waals surface area contributed by atoms with E-state index in [0.717, 1.165) is 29.2 Å². The first-order chi connectivity index (χ1) is 9.15. The number of amides is 1. The molecule has 0 aromatic carbocycles. The topological polar surface area (TPSA) is 49.3 Å². The van der Waals surface area contributed by atoms with Gasteiger partial charge in [-0.2, -0.15) is 11.8 Å². The average molecular weight is 318 g/mol. The quantitative estimate of drug-likeness (QED) is 0.839. The number of hydrogen-bond donors (Lipinski definition) is 2. The third-order valence-electron chi connectivity index (χ3n) is 2.86. The predicted octanol–water partition coefficient (Wildman–Crippen LogP) is 3.00. The number of hydrogen-bond acceptors (Lipinski definition) is 4. The molecule has 1 unspecified atom stereocenters. The Morgan fingerprint density at radius 3 is 2.84 bits per heavy atom. The molecule has 1 aromatic rings. The minimum Gasteiger partial charge on any atom is -0.386 e. The lowest BCUT2D eigenvalue weighted by Gasteiger charge is -2.13. The number of allylic oxidation sites excluding steroid dienone is 1. The van der Waals surface area contributed by atoms with Crippen molar-refractivity contribution in [2.24, 2.45) is 0 Å². The Morgan fingerprint density at radius 1 is 1.47 bits per heavy atom. The molecule has 104 valence electrons. The molecule has 0 bridgehead atoms. The molecule has 1 amide bonds. The second kappa shape index (κ2) is 7.33. The number of thiophene rings is 1. The van der Waals surface area contributed by atoms with Crippen LogP contribution in [0.1, 0.15) is 23.8 Å². The summed E-state index contributed by atoms with van der Waals surface area (Å²) in [6.07, 6.45) is 2.96. The monoisotopic (exact) mass is 317 g/mol. The summed E-state index contributed by atoms with van der Waals surface area (Å²) < 4.78 is 0.641. The number of aliphatic hydroxyl groups is 1. The molecule has 2 heterocycles. The van der Waals surface area contributed by atoms with Crippen LogP contribution in [0.4, 0.5) is 0 Å². The Hall–Kier alpha value is -0.490. The van der Waals surface area contributed by atoms with Gasteiger partial charge in [0.2, 0.25) is 5.91 Å². The highest BCUT2D eigenvalue weighted by molar-refractivity contribution is 7.99. The van der Waals surface area contributed by atoms with Crippen molar-refractivity contribution in [3.05, 3.63) is 33.0 Å². The summed E-state index contributed by atoms with van der Waals surface area (Å²) in [6.45, 7) is 0.216. The molecular formula is C13H16ClNO2S2. The molecule has 0 saturated carbocycles. The van der Waals surface area contributed by atoms with Crippen LogP contribution < -0.4 is 5.32 Å². The van der Waals surface area contributed by atoms with Crippen LogP contribution in [0.5, 0.6) is 0 Å². The van der Waals surface area contributed by atoms with Crippen molar-refractivity contribution in [1.29, 1.82) is 0 Å². The predicted molar refractivity (Wildman–Crippen MR) is 81.9 cm³/mol. The lowest BCUT2D eigenvalue weighted by Crippen LogP contribution is -2.27. The van der Waals surface area contributed by atoms with E-state index in [1.54, 1.807) is 18.2 Å². The summed E-state index contributed by atoms with van der Waals surface area (Å²) in [5, 5.41) is 12.6. The minimum absolute atomic E-state index is 0.122. The van der Waals surface area contributed by atoms with E-state index in [0.29, 0.717) is 4.34 Å². The number of carbonyl (C=O) groups excluding carboxylic acids is 1. The molecular weight excluding hydrogens is 302 g/mol. The fraction of sp³-hybridized carbons (Fsp3) is 0.462. The van der Waals surface area contributed by atoms with E-state index in [4.69, 9.17) is 11.6 Å². The minimum atomic E-state index is -0.693. The Morgan fingerprint density at radius 2 is 2.21 bits per heavy atom. The largest absolute Gasteiger partial charge is 0.386 e. The van der Waals surface area contributed by atoms with Crippen LogP contribution in [-0.2, 0) is 4.79 Å². The first-order valence-electron chi connectivity index (χ1n) is 6.13. The zero-order chi connectivity index (χ0) is 13.7. The maximum absolute atomic E-state index is 11.7. The maximum Gasteiger partial charge on any atom is 0.244 e. The van der Waals surface area contributed by atoms with Gasteiger partial charge in [-0.25, -0.2) is 0 Å². The van der Waals surface area contributed by atoms with E-state index in [9.17, 15) is 9.90 Å². The van der Waals surface area contributed by atoms with Crippen molar-refractivity contribution in [2.45, 2.75) is 18.9 Å². The lowest BCUT2D eigenvalue weighted by molar-refractivity contribution is -0.117. The molecule has 2 N–H and O–H groups in total. The van der Waals surface area contributed by atoms with E-state index in [-0.39, 0.29) is 12.5 Å². The second-order valence-corrected chi connectivity index (χ2v) is 7.29. The molecule has 1 saturated heterocycles. The van der Waals surface area contributed by atoms with Crippen LogP contribution in [0.2, 0.25) is 4.34 Å². The van der Waals surface area contributed by atoms with Gasteiger partial charge in [-0.15, -0.1) is 11.3 Å². The normalized spacial score (nSPS) is 17.1. The van der Waals surface area contributed by atoms with Gasteiger partial charge in [-0.05, 0) is 36.5 Å². The lowest BCUT2D eigenvalue weighted by atomic mass is 10.1. The highest BCUT2D eigenvalue weighted by Crippen LogP contribution is 2.26. The SMILES string of the molecule is O=C(C=C1CCSCC1)NCC(O)c1ccc(Cl)s1. The van der Waals surface area contributed by atoms with E-state index < -0.39 is 6.10 Å². The molecule has 6 heteroatoms. The third kappa shape index (κ3) is 4.84. The van der Waals surface area contributed by atoms with Gasteiger partial charge in [0.1, 0.15) is 6.10 Å². The zero-order valence-corrected chi connectivity index (χ0v) is 12.8. The van der Waals surface area contributed by atoms with E-state index in [2.05, 4.69) is 5.32 Å². The van der Waals surface area contributed by atoms with Crippen molar-refractivity contribution in [3.63, 3.8) is 0 Å². The van der Waals surface area contributed by atoms with Gasteiger partial charge in [0.25, 0.3) is 0 Å². The van der Waals surface area contributed by atoms with Crippen LogP contribution in [-0.4, -0.2) is 29.1 Å². The molecule has 3 nitrogen and oxygen atoms in total. The summed E-state index contributed by atoms with van der Waals surface area (Å²) in [5.41, 5.74) is 1.20. The molecule has 2 rings (SSSR count). The molecule has 0 radical (unpaired) electrons.